The minimum Gasteiger partial charge on any atom is -0.465 e. The lowest BCUT2D eigenvalue weighted by molar-refractivity contribution is -0.151. The maximum Gasteiger partial charge on any atom is 0.309 e. The maximum absolute atomic E-state index is 11.8. The second kappa shape index (κ2) is 4.36. The normalized spacial score (nSPS) is 38.7. The van der Waals surface area contributed by atoms with Crippen LogP contribution in [0.5, 0.6) is 0 Å². The zero-order chi connectivity index (χ0) is 11.8. The molecule has 0 spiro atoms. The van der Waals surface area contributed by atoms with Crippen LogP contribution in [-0.4, -0.2) is 24.3 Å². The van der Waals surface area contributed by atoms with Gasteiger partial charge >= 0.3 is 5.97 Å². The number of esters is 1. The van der Waals surface area contributed by atoms with Gasteiger partial charge in [-0.05, 0) is 32.1 Å². The van der Waals surface area contributed by atoms with E-state index >= 15 is 0 Å². The molecule has 92 valence electrons. The number of fused-ring (bicyclic) bond motifs is 1. The SMILES string of the molecule is CCC(C)COC(=O)C1CCC2OC2(C)C1. The molecule has 0 aromatic heterocycles. The summed E-state index contributed by atoms with van der Waals surface area (Å²) < 4.78 is 10.9. The highest BCUT2D eigenvalue weighted by Gasteiger charge is 2.56. The lowest BCUT2D eigenvalue weighted by Gasteiger charge is -2.22. The Morgan fingerprint density at radius 3 is 2.94 bits per heavy atom. The Morgan fingerprint density at radius 1 is 1.56 bits per heavy atom. The first-order valence-corrected chi connectivity index (χ1v) is 6.39. The highest BCUT2D eigenvalue weighted by Crippen LogP contribution is 2.49. The molecule has 0 amide bonds. The summed E-state index contributed by atoms with van der Waals surface area (Å²) >= 11 is 0. The Bertz CT molecular complexity index is 276. The molecular weight excluding hydrogens is 204 g/mol. The lowest BCUT2D eigenvalue weighted by Crippen LogP contribution is -2.29. The summed E-state index contributed by atoms with van der Waals surface area (Å²) in [5.41, 5.74) is -0.0156. The van der Waals surface area contributed by atoms with Crippen molar-refractivity contribution in [3.8, 4) is 0 Å². The first kappa shape index (κ1) is 11.9. The number of rotatable bonds is 4. The van der Waals surface area contributed by atoms with Crippen LogP contribution >= 0.6 is 0 Å². The maximum atomic E-state index is 11.8. The van der Waals surface area contributed by atoms with E-state index in [1.807, 2.05) is 0 Å². The summed E-state index contributed by atoms with van der Waals surface area (Å²) in [4.78, 5) is 11.8. The van der Waals surface area contributed by atoms with Crippen LogP contribution in [0.25, 0.3) is 0 Å². The van der Waals surface area contributed by atoms with Crippen LogP contribution in [0, 0.1) is 11.8 Å². The third kappa shape index (κ3) is 2.40. The van der Waals surface area contributed by atoms with E-state index in [1.165, 1.54) is 0 Å². The first-order chi connectivity index (χ1) is 7.55. The second-order valence-electron chi connectivity index (χ2n) is 5.54. The number of hydrogen-bond donors (Lipinski definition) is 0. The summed E-state index contributed by atoms with van der Waals surface area (Å²) in [6.07, 6.45) is 4.25. The van der Waals surface area contributed by atoms with E-state index in [1.54, 1.807) is 0 Å². The van der Waals surface area contributed by atoms with Crippen LogP contribution in [-0.2, 0) is 14.3 Å². The van der Waals surface area contributed by atoms with Gasteiger partial charge in [-0.25, -0.2) is 0 Å². The summed E-state index contributed by atoms with van der Waals surface area (Å²) in [5.74, 6) is 0.510. The summed E-state index contributed by atoms with van der Waals surface area (Å²) in [6, 6.07) is 0. The van der Waals surface area contributed by atoms with E-state index < -0.39 is 0 Å². The number of hydrogen-bond acceptors (Lipinski definition) is 3. The van der Waals surface area contributed by atoms with Gasteiger partial charge in [-0.3, -0.25) is 4.79 Å². The van der Waals surface area contributed by atoms with Crippen molar-refractivity contribution in [2.45, 2.75) is 58.2 Å². The Hall–Kier alpha value is -0.570. The van der Waals surface area contributed by atoms with Crippen LogP contribution in [0.15, 0.2) is 0 Å². The topological polar surface area (TPSA) is 38.8 Å². The molecule has 2 fully saturated rings. The molecule has 16 heavy (non-hydrogen) atoms. The van der Waals surface area contributed by atoms with Gasteiger partial charge < -0.3 is 9.47 Å². The fourth-order valence-corrected chi connectivity index (χ4v) is 2.44. The van der Waals surface area contributed by atoms with E-state index in [-0.39, 0.29) is 17.5 Å². The van der Waals surface area contributed by atoms with Crippen molar-refractivity contribution in [2.24, 2.45) is 11.8 Å². The molecular formula is C13H22O3. The molecule has 2 rings (SSSR count). The number of ether oxygens (including phenoxy) is 2. The average Bonchev–Trinajstić information content (AvgIpc) is 2.95. The van der Waals surface area contributed by atoms with Gasteiger partial charge in [0.05, 0.1) is 24.2 Å². The molecule has 2 aliphatic rings. The Morgan fingerprint density at radius 2 is 2.31 bits per heavy atom. The predicted molar refractivity (Wildman–Crippen MR) is 61.0 cm³/mol. The van der Waals surface area contributed by atoms with Crippen LogP contribution in [0.1, 0.15) is 46.5 Å². The van der Waals surface area contributed by atoms with Crippen LogP contribution < -0.4 is 0 Å². The monoisotopic (exact) mass is 226 g/mol. The van der Waals surface area contributed by atoms with E-state index in [2.05, 4.69) is 20.8 Å². The van der Waals surface area contributed by atoms with Crippen molar-refractivity contribution in [2.75, 3.05) is 6.61 Å². The van der Waals surface area contributed by atoms with Gasteiger partial charge in [0.25, 0.3) is 0 Å². The summed E-state index contributed by atoms with van der Waals surface area (Å²) in [6.45, 7) is 6.89. The van der Waals surface area contributed by atoms with E-state index in [0.717, 1.165) is 25.7 Å². The Balaban J connectivity index is 1.77. The van der Waals surface area contributed by atoms with Gasteiger partial charge in [0.2, 0.25) is 0 Å². The van der Waals surface area contributed by atoms with Crippen LogP contribution in [0.2, 0.25) is 0 Å². The zero-order valence-electron chi connectivity index (χ0n) is 10.5. The van der Waals surface area contributed by atoms with Gasteiger partial charge in [-0.1, -0.05) is 20.3 Å². The van der Waals surface area contributed by atoms with Gasteiger partial charge in [0.15, 0.2) is 0 Å². The van der Waals surface area contributed by atoms with Crippen LogP contribution in [0.4, 0.5) is 0 Å². The van der Waals surface area contributed by atoms with E-state index in [9.17, 15) is 4.79 Å². The smallest absolute Gasteiger partial charge is 0.309 e. The van der Waals surface area contributed by atoms with Crippen molar-refractivity contribution < 1.29 is 14.3 Å². The fourth-order valence-electron chi connectivity index (χ4n) is 2.44. The van der Waals surface area contributed by atoms with Crippen molar-refractivity contribution in [3.63, 3.8) is 0 Å². The third-order valence-electron chi connectivity index (χ3n) is 4.00. The summed E-state index contributed by atoms with van der Waals surface area (Å²) in [5, 5.41) is 0. The average molecular weight is 226 g/mol. The molecule has 4 atom stereocenters. The van der Waals surface area contributed by atoms with Gasteiger partial charge in [-0.2, -0.15) is 0 Å². The molecule has 0 bridgehead atoms. The number of carbonyl (C=O) groups is 1. The first-order valence-electron chi connectivity index (χ1n) is 6.39. The van der Waals surface area contributed by atoms with Crippen LogP contribution in [0.3, 0.4) is 0 Å². The predicted octanol–water partition coefficient (Wildman–Crippen LogP) is 2.53. The molecule has 1 heterocycles. The molecule has 1 saturated carbocycles. The van der Waals surface area contributed by atoms with Crippen molar-refractivity contribution in [1.82, 2.24) is 0 Å². The molecule has 0 radical (unpaired) electrons. The van der Waals surface area contributed by atoms with Crippen molar-refractivity contribution in [3.05, 3.63) is 0 Å². The second-order valence-corrected chi connectivity index (χ2v) is 5.54. The lowest BCUT2D eigenvalue weighted by atomic mass is 9.82. The van der Waals surface area contributed by atoms with Gasteiger partial charge in [-0.15, -0.1) is 0 Å². The molecule has 1 aliphatic carbocycles. The third-order valence-corrected chi connectivity index (χ3v) is 4.00. The quantitative estimate of drug-likeness (QED) is 0.546. The standard InChI is InChI=1S/C13H22O3/c1-4-9(2)8-15-12(14)10-5-6-11-13(3,7-10)16-11/h9-11H,4-8H2,1-3H3. The molecule has 4 unspecified atom stereocenters. The van der Waals surface area contributed by atoms with E-state index in [0.29, 0.717) is 18.6 Å². The van der Waals surface area contributed by atoms with Crippen molar-refractivity contribution in [1.29, 1.82) is 0 Å². The molecule has 0 aromatic carbocycles. The molecule has 0 aromatic rings. The van der Waals surface area contributed by atoms with E-state index in [4.69, 9.17) is 9.47 Å². The molecule has 1 aliphatic heterocycles. The van der Waals surface area contributed by atoms with Crippen molar-refractivity contribution >= 4 is 5.97 Å². The minimum absolute atomic E-state index is 0.0156. The highest BCUT2D eigenvalue weighted by molar-refractivity contribution is 5.72. The summed E-state index contributed by atoms with van der Waals surface area (Å²) in [7, 11) is 0. The number of epoxide rings is 1. The Labute approximate surface area is 97.5 Å². The molecule has 3 heteroatoms. The zero-order valence-corrected chi connectivity index (χ0v) is 10.5. The van der Waals surface area contributed by atoms with Gasteiger partial charge in [0.1, 0.15) is 0 Å². The number of carbonyl (C=O) groups excluding carboxylic acids is 1. The van der Waals surface area contributed by atoms with Gasteiger partial charge in [0, 0.05) is 0 Å². The molecule has 1 saturated heterocycles. The molecule has 0 N–H and O–H groups in total. The fraction of sp³-hybridized carbons (Fsp3) is 0.923. The minimum atomic E-state index is -0.0181. The molecule has 3 nitrogen and oxygen atoms in total. The largest absolute Gasteiger partial charge is 0.465 e. The highest BCUT2D eigenvalue weighted by atomic mass is 16.6. The Kier molecular flexibility index (Phi) is 3.24.